The molecule has 21 heavy (non-hydrogen) atoms. The zero-order valence-corrected chi connectivity index (χ0v) is 13.3. The zero-order chi connectivity index (χ0) is 15.2. The van der Waals surface area contributed by atoms with Crippen molar-refractivity contribution in [2.24, 2.45) is 7.05 Å². The first-order chi connectivity index (χ1) is 10.1. The fourth-order valence-corrected chi connectivity index (χ4v) is 2.19. The Balaban J connectivity index is 2.12. The SMILES string of the molecule is CCCNC(C)c1cc(C)ccc1OCc1nncn1C. The van der Waals surface area contributed by atoms with Crippen LogP contribution in [0.25, 0.3) is 0 Å². The molecule has 2 aromatic rings. The lowest BCUT2D eigenvalue weighted by Crippen LogP contribution is -2.20. The highest BCUT2D eigenvalue weighted by molar-refractivity contribution is 5.39. The van der Waals surface area contributed by atoms with Crippen LogP contribution in [0.3, 0.4) is 0 Å². The van der Waals surface area contributed by atoms with Gasteiger partial charge in [-0.15, -0.1) is 10.2 Å². The molecule has 5 heteroatoms. The van der Waals surface area contributed by atoms with Crippen LogP contribution >= 0.6 is 0 Å². The summed E-state index contributed by atoms with van der Waals surface area (Å²) in [5.74, 6) is 1.72. The van der Waals surface area contributed by atoms with Gasteiger partial charge in [-0.1, -0.05) is 24.6 Å². The van der Waals surface area contributed by atoms with Crippen molar-refractivity contribution < 1.29 is 4.74 Å². The minimum Gasteiger partial charge on any atom is -0.485 e. The average molecular weight is 288 g/mol. The molecule has 1 aromatic heterocycles. The molecule has 1 aromatic carbocycles. The minimum absolute atomic E-state index is 0.263. The molecule has 1 atom stereocenters. The van der Waals surface area contributed by atoms with E-state index < -0.39 is 0 Å². The summed E-state index contributed by atoms with van der Waals surface area (Å²) in [6.45, 7) is 7.86. The summed E-state index contributed by atoms with van der Waals surface area (Å²) in [6.07, 6.45) is 2.80. The first-order valence-electron chi connectivity index (χ1n) is 7.41. The van der Waals surface area contributed by atoms with Crippen molar-refractivity contribution in [1.82, 2.24) is 20.1 Å². The Kier molecular flexibility index (Phi) is 5.33. The van der Waals surface area contributed by atoms with Crippen molar-refractivity contribution in [3.05, 3.63) is 41.5 Å². The molecule has 1 unspecified atom stereocenters. The molecule has 0 saturated carbocycles. The van der Waals surface area contributed by atoms with Crippen LogP contribution < -0.4 is 10.1 Å². The maximum atomic E-state index is 5.96. The van der Waals surface area contributed by atoms with E-state index in [-0.39, 0.29) is 6.04 Å². The third-order valence-electron chi connectivity index (χ3n) is 3.49. The van der Waals surface area contributed by atoms with Gasteiger partial charge in [-0.3, -0.25) is 0 Å². The van der Waals surface area contributed by atoms with Gasteiger partial charge in [0, 0.05) is 18.7 Å². The Morgan fingerprint density at radius 3 is 2.86 bits per heavy atom. The maximum absolute atomic E-state index is 5.96. The van der Waals surface area contributed by atoms with Crippen LogP contribution in [-0.2, 0) is 13.7 Å². The van der Waals surface area contributed by atoms with E-state index in [1.807, 2.05) is 17.7 Å². The summed E-state index contributed by atoms with van der Waals surface area (Å²) >= 11 is 0. The third-order valence-corrected chi connectivity index (χ3v) is 3.49. The van der Waals surface area contributed by atoms with E-state index in [9.17, 15) is 0 Å². The molecule has 0 saturated heterocycles. The number of nitrogens with one attached hydrogen (secondary N) is 1. The number of aromatic nitrogens is 3. The first kappa shape index (κ1) is 15.5. The van der Waals surface area contributed by atoms with Crippen LogP contribution in [0.5, 0.6) is 5.75 Å². The summed E-state index contributed by atoms with van der Waals surface area (Å²) in [7, 11) is 1.92. The van der Waals surface area contributed by atoms with Crippen molar-refractivity contribution in [1.29, 1.82) is 0 Å². The molecule has 114 valence electrons. The van der Waals surface area contributed by atoms with Crippen molar-refractivity contribution in [2.45, 2.75) is 39.8 Å². The summed E-state index contributed by atoms with van der Waals surface area (Å²) in [4.78, 5) is 0. The van der Waals surface area contributed by atoms with Gasteiger partial charge in [-0.05, 0) is 32.9 Å². The summed E-state index contributed by atoms with van der Waals surface area (Å²) < 4.78 is 7.82. The van der Waals surface area contributed by atoms with Gasteiger partial charge in [0.05, 0.1) is 0 Å². The van der Waals surface area contributed by atoms with E-state index in [2.05, 4.69) is 48.4 Å². The number of rotatable bonds is 7. The Labute approximate surface area is 126 Å². The Morgan fingerprint density at radius 1 is 1.38 bits per heavy atom. The number of ether oxygens (including phenoxy) is 1. The van der Waals surface area contributed by atoms with Crippen molar-refractivity contribution in [2.75, 3.05) is 6.54 Å². The van der Waals surface area contributed by atoms with E-state index in [0.29, 0.717) is 6.61 Å². The highest BCUT2D eigenvalue weighted by Crippen LogP contribution is 2.27. The lowest BCUT2D eigenvalue weighted by molar-refractivity contribution is 0.285. The molecule has 0 amide bonds. The Hall–Kier alpha value is -1.88. The van der Waals surface area contributed by atoms with Gasteiger partial charge in [0.2, 0.25) is 0 Å². The minimum atomic E-state index is 0.263. The van der Waals surface area contributed by atoms with Gasteiger partial charge >= 0.3 is 0 Å². The van der Waals surface area contributed by atoms with Crippen molar-refractivity contribution >= 4 is 0 Å². The van der Waals surface area contributed by atoms with Crippen molar-refractivity contribution in [3.63, 3.8) is 0 Å². The molecule has 0 bridgehead atoms. The second-order valence-electron chi connectivity index (χ2n) is 5.36. The molecule has 0 spiro atoms. The van der Waals surface area contributed by atoms with Gasteiger partial charge in [-0.25, -0.2) is 0 Å². The van der Waals surface area contributed by atoms with Crippen LogP contribution in [0.2, 0.25) is 0 Å². The fraction of sp³-hybridized carbons (Fsp3) is 0.500. The molecule has 5 nitrogen and oxygen atoms in total. The molecule has 0 aliphatic heterocycles. The fourth-order valence-electron chi connectivity index (χ4n) is 2.19. The average Bonchev–Trinajstić information content (AvgIpc) is 2.88. The first-order valence-corrected chi connectivity index (χ1v) is 7.41. The van der Waals surface area contributed by atoms with Crippen LogP contribution in [0.1, 0.15) is 43.3 Å². The quantitative estimate of drug-likeness (QED) is 0.851. The predicted molar refractivity (Wildman–Crippen MR) is 83.2 cm³/mol. The van der Waals surface area contributed by atoms with E-state index in [1.165, 1.54) is 11.1 Å². The summed E-state index contributed by atoms with van der Waals surface area (Å²) in [5.41, 5.74) is 2.42. The molecule has 0 aliphatic carbocycles. The zero-order valence-electron chi connectivity index (χ0n) is 13.3. The van der Waals surface area contributed by atoms with Gasteiger partial charge in [0.25, 0.3) is 0 Å². The molecular weight excluding hydrogens is 264 g/mol. The van der Waals surface area contributed by atoms with Crippen LogP contribution in [0.4, 0.5) is 0 Å². The smallest absolute Gasteiger partial charge is 0.170 e. The van der Waals surface area contributed by atoms with E-state index in [4.69, 9.17) is 4.74 Å². The molecule has 2 rings (SSSR count). The molecule has 1 heterocycles. The van der Waals surface area contributed by atoms with Gasteiger partial charge in [0.15, 0.2) is 5.82 Å². The van der Waals surface area contributed by atoms with Gasteiger partial charge < -0.3 is 14.6 Å². The predicted octanol–water partition coefficient (Wildman–Crippen LogP) is 2.76. The topological polar surface area (TPSA) is 52.0 Å². The molecule has 0 radical (unpaired) electrons. The van der Waals surface area contributed by atoms with Gasteiger partial charge in [-0.2, -0.15) is 0 Å². The molecule has 0 aliphatic rings. The highest BCUT2D eigenvalue weighted by Gasteiger charge is 2.12. The van der Waals surface area contributed by atoms with Crippen LogP contribution in [0, 0.1) is 6.92 Å². The Morgan fingerprint density at radius 2 is 2.19 bits per heavy atom. The molecule has 0 fully saturated rings. The van der Waals surface area contributed by atoms with Gasteiger partial charge in [0.1, 0.15) is 18.7 Å². The number of hydrogen-bond acceptors (Lipinski definition) is 4. The van der Waals surface area contributed by atoms with Crippen molar-refractivity contribution in [3.8, 4) is 5.75 Å². The number of aryl methyl sites for hydroxylation is 2. The number of hydrogen-bond donors (Lipinski definition) is 1. The summed E-state index contributed by atoms with van der Waals surface area (Å²) in [5, 5.41) is 11.4. The molecular formula is C16H24N4O. The maximum Gasteiger partial charge on any atom is 0.170 e. The van der Waals surface area contributed by atoms with E-state index >= 15 is 0 Å². The second kappa shape index (κ2) is 7.22. The normalized spacial score (nSPS) is 12.4. The van der Waals surface area contributed by atoms with Crippen LogP contribution in [-0.4, -0.2) is 21.3 Å². The molecule has 1 N–H and O–H groups in total. The lowest BCUT2D eigenvalue weighted by atomic mass is 10.0. The largest absolute Gasteiger partial charge is 0.485 e. The number of nitrogens with zero attached hydrogens (tertiary/aromatic N) is 3. The third kappa shape index (κ3) is 4.04. The lowest BCUT2D eigenvalue weighted by Gasteiger charge is -2.18. The van der Waals surface area contributed by atoms with E-state index in [1.54, 1.807) is 6.33 Å². The second-order valence-corrected chi connectivity index (χ2v) is 5.36. The van der Waals surface area contributed by atoms with E-state index in [0.717, 1.165) is 24.5 Å². The standard InChI is InChI=1S/C16H24N4O/c1-5-8-17-13(3)14-9-12(2)6-7-15(14)21-10-16-19-18-11-20(16)4/h6-7,9,11,13,17H,5,8,10H2,1-4H3. The highest BCUT2D eigenvalue weighted by atomic mass is 16.5. The number of benzene rings is 1. The van der Waals surface area contributed by atoms with Crippen LogP contribution in [0.15, 0.2) is 24.5 Å². The summed E-state index contributed by atoms with van der Waals surface area (Å²) in [6, 6.07) is 6.55. The Bertz CT molecular complexity index is 579. The monoisotopic (exact) mass is 288 g/mol.